The fourth-order valence-electron chi connectivity index (χ4n) is 4.16. The van der Waals surface area contributed by atoms with E-state index in [0.29, 0.717) is 42.1 Å². The van der Waals surface area contributed by atoms with Gasteiger partial charge in [0.15, 0.2) is 0 Å². The second kappa shape index (κ2) is 11.9. The van der Waals surface area contributed by atoms with Gasteiger partial charge in [-0.25, -0.2) is 27.9 Å². The molecule has 0 amide bonds. The van der Waals surface area contributed by atoms with E-state index >= 15 is 0 Å². The molecule has 0 unspecified atom stereocenters. The summed E-state index contributed by atoms with van der Waals surface area (Å²) in [7, 11) is -1.92. The molecule has 0 bridgehead atoms. The van der Waals surface area contributed by atoms with Gasteiger partial charge in [0.25, 0.3) is 0 Å². The van der Waals surface area contributed by atoms with E-state index in [4.69, 9.17) is 10.1 Å². The third-order valence-electron chi connectivity index (χ3n) is 6.16. The van der Waals surface area contributed by atoms with Gasteiger partial charge in [-0.3, -0.25) is 0 Å². The molecule has 0 saturated heterocycles. The second-order valence-electron chi connectivity index (χ2n) is 9.07. The molecule has 208 valence electrons. The monoisotopic (exact) mass is 582 g/mol. The van der Waals surface area contributed by atoms with Gasteiger partial charge < -0.3 is 20.5 Å². The summed E-state index contributed by atoms with van der Waals surface area (Å²) >= 11 is 0. The summed E-state index contributed by atoms with van der Waals surface area (Å²) in [4.78, 5) is 13.4. The number of benzene rings is 3. The topological polar surface area (TPSA) is 140 Å². The van der Waals surface area contributed by atoms with E-state index in [1.807, 2.05) is 35.9 Å². The molecule has 0 saturated carbocycles. The molecular weight excluding hydrogens is 555 g/mol. The number of rotatable bonds is 9. The van der Waals surface area contributed by atoms with Crippen LogP contribution in [-0.2, 0) is 30.2 Å². The Morgan fingerprint density at radius 1 is 0.950 bits per heavy atom. The lowest BCUT2D eigenvalue weighted by molar-refractivity contribution is 0.597. The number of primary sulfonamides is 1. The highest BCUT2D eigenvalue weighted by atomic mass is 35.5. The molecule has 13 heteroatoms. The van der Waals surface area contributed by atoms with Crippen molar-refractivity contribution in [3.8, 4) is 0 Å². The van der Waals surface area contributed by atoms with Crippen LogP contribution in [0.3, 0.4) is 0 Å². The van der Waals surface area contributed by atoms with E-state index < -0.39 is 10.0 Å². The Balaban J connectivity index is 0.00000370. The smallest absolute Gasteiger partial charge is 0.238 e. The fourth-order valence-corrected chi connectivity index (χ4v) is 4.97. The van der Waals surface area contributed by atoms with Crippen LogP contribution in [0.1, 0.15) is 16.7 Å². The highest BCUT2D eigenvalue weighted by molar-refractivity contribution is 7.89. The first-order valence-corrected chi connectivity index (χ1v) is 13.6. The van der Waals surface area contributed by atoms with Crippen molar-refractivity contribution < 1.29 is 12.8 Å². The SMILES string of the molecule is Cc1ccc(Nc2nccc(NCc3ccc4c(c3)nc(NCc3cccc(F)c3)n4C)n2)cc1S(N)(=O)=O.Cl. The van der Waals surface area contributed by atoms with Gasteiger partial charge in [-0.05, 0) is 66.1 Å². The molecule has 0 aliphatic heterocycles. The number of sulfonamides is 1. The normalized spacial score (nSPS) is 11.2. The van der Waals surface area contributed by atoms with Crippen molar-refractivity contribution in [2.75, 3.05) is 16.0 Å². The predicted molar refractivity (Wildman–Crippen MR) is 157 cm³/mol. The molecule has 5 N–H and O–H groups in total. The van der Waals surface area contributed by atoms with Crippen LogP contribution in [0.2, 0.25) is 0 Å². The molecule has 0 fully saturated rings. The van der Waals surface area contributed by atoms with Crippen molar-refractivity contribution in [1.29, 1.82) is 0 Å². The molecule has 40 heavy (non-hydrogen) atoms. The fraction of sp³-hybridized carbons (Fsp3) is 0.148. The number of hydrogen-bond donors (Lipinski definition) is 4. The molecule has 0 spiro atoms. The first-order valence-electron chi connectivity index (χ1n) is 12.1. The van der Waals surface area contributed by atoms with Crippen molar-refractivity contribution in [2.45, 2.75) is 24.9 Å². The molecule has 2 heterocycles. The van der Waals surface area contributed by atoms with E-state index in [1.165, 1.54) is 18.2 Å². The van der Waals surface area contributed by atoms with Gasteiger partial charge >= 0.3 is 0 Å². The maximum absolute atomic E-state index is 13.5. The molecule has 0 radical (unpaired) electrons. The highest BCUT2D eigenvalue weighted by Gasteiger charge is 2.13. The number of nitrogens with two attached hydrogens (primary N) is 1. The number of aryl methyl sites for hydroxylation is 2. The Kier molecular flexibility index (Phi) is 8.52. The zero-order valence-corrected chi connectivity index (χ0v) is 23.4. The summed E-state index contributed by atoms with van der Waals surface area (Å²) in [5.41, 5.74) is 4.68. The zero-order valence-electron chi connectivity index (χ0n) is 21.7. The summed E-state index contributed by atoms with van der Waals surface area (Å²) in [6, 6.07) is 19.1. The molecular formula is C27H28ClFN8O2S. The largest absolute Gasteiger partial charge is 0.366 e. The Morgan fingerprint density at radius 2 is 1.73 bits per heavy atom. The molecule has 0 aliphatic carbocycles. The lowest BCUT2D eigenvalue weighted by atomic mass is 10.2. The number of imidazole rings is 1. The highest BCUT2D eigenvalue weighted by Crippen LogP contribution is 2.23. The standard InChI is InChI=1S/C27H27FN8O2S.ClH/c1-17-6-8-21(14-24(17)39(29,37)38)33-26-30-11-10-25(35-26)31-15-19-7-9-23-22(13-19)34-27(36(23)2)32-16-18-4-3-5-20(28)12-18;/h3-14H,15-16H2,1-2H3,(H,32,34)(H2,29,37,38)(H2,30,31,33,35);1H. The van der Waals surface area contributed by atoms with Gasteiger partial charge in [0.05, 0.1) is 15.9 Å². The number of anilines is 4. The van der Waals surface area contributed by atoms with Crippen LogP contribution >= 0.6 is 12.4 Å². The Hall–Kier alpha value is -4.26. The number of halogens is 2. The third-order valence-corrected chi connectivity index (χ3v) is 7.22. The third kappa shape index (κ3) is 6.65. The minimum atomic E-state index is -3.85. The van der Waals surface area contributed by atoms with Crippen LogP contribution in [0.25, 0.3) is 11.0 Å². The first kappa shape index (κ1) is 28.7. The van der Waals surface area contributed by atoms with Gasteiger partial charge in [-0.15, -0.1) is 12.4 Å². The Bertz CT molecular complexity index is 1780. The predicted octanol–water partition coefficient (Wildman–Crippen LogP) is 4.85. The molecule has 2 aromatic heterocycles. The lowest BCUT2D eigenvalue weighted by Crippen LogP contribution is -2.14. The van der Waals surface area contributed by atoms with Crippen LogP contribution in [0, 0.1) is 12.7 Å². The van der Waals surface area contributed by atoms with Crippen molar-refractivity contribution in [2.24, 2.45) is 12.2 Å². The van der Waals surface area contributed by atoms with Crippen LogP contribution in [0.5, 0.6) is 0 Å². The number of hydrogen-bond acceptors (Lipinski definition) is 8. The van der Waals surface area contributed by atoms with Gasteiger partial charge in [-0.1, -0.05) is 24.3 Å². The maximum atomic E-state index is 13.5. The average molecular weight is 583 g/mol. The summed E-state index contributed by atoms with van der Waals surface area (Å²) in [6.45, 7) is 2.63. The quantitative estimate of drug-likeness (QED) is 0.193. The van der Waals surface area contributed by atoms with E-state index in [9.17, 15) is 12.8 Å². The minimum Gasteiger partial charge on any atom is -0.366 e. The van der Waals surface area contributed by atoms with Crippen LogP contribution in [0.15, 0.2) is 77.8 Å². The minimum absolute atomic E-state index is 0. The average Bonchev–Trinajstić information content (AvgIpc) is 3.21. The molecule has 5 rings (SSSR count). The summed E-state index contributed by atoms with van der Waals surface area (Å²) in [6.07, 6.45) is 1.60. The lowest BCUT2D eigenvalue weighted by Gasteiger charge is -2.10. The maximum Gasteiger partial charge on any atom is 0.238 e. The van der Waals surface area contributed by atoms with Crippen LogP contribution < -0.4 is 21.1 Å². The molecule has 0 aliphatic rings. The Labute approximate surface area is 237 Å². The van der Waals surface area contributed by atoms with E-state index in [-0.39, 0.29) is 23.1 Å². The number of fused-ring (bicyclic) bond motifs is 1. The van der Waals surface area contributed by atoms with Crippen molar-refractivity contribution in [1.82, 2.24) is 19.5 Å². The molecule has 3 aromatic carbocycles. The van der Waals surface area contributed by atoms with E-state index in [2.05, 4.69) is 25.9 Å². The summed E-state index contributed by atoms with van der Waals surface area (Å²) < 4.78 is 39.1. The van der Waals surface area contributed by atoms with Crippen molar-refractivity contribution in [3.63, 3.8) is 0 Å². The number of aromatic nitrogens is 4. The summed E-state index contributed by atoms with van der Waals surface area (Å²) in [5.74, 6) is 1.31. The van der Waals surface area contributed by atoms with Gasteiger partial charge in [-0.2, -0.15) is 4.98 Å². The zero-order chi connectivity index (χ0) is 27.6. The van der Waals surface area contributed by atoms with Crippen molar-refractivity contribution in [3.05, 3.63) is 95.4 Å². The van der Waals surface area contributed by atoms with Crippen LogP contribution in [-0.4, -0.2) is 27.9 Å². The van der Waals surface area contributed by atoms with Gasteiger partial charge in [0.2, 0.25) is 21.9 Å². The molecule has 5 aromatic rings. The Morgan fingerprint density at radius 3 is 2.50 bits per heavy atom. The number of nitrogens with zero attached hydrogens (tertiary/aromatic N) is 4. The van der Waals surface area contributed by atoms with E-state index in [0.717, 1.165) is 22.2 Å². The van der Waals surface area contributed by atoms with Crippen molar-refractivity contribution >= 4 is 56.9 Å². The van der Waals surface area contributed by atoms with E-state index in [1.54, 1.807) is 37.4 Å². The summed E-state index contributed by atoms with van der Waals surface area (Å²) in [5, 5.41) is 14.9. The molecule has 0 atom stereocenters. The second-order valence-corrected chi connectivity index (χ2v) is 10.6. The van der Waals surface area contributed by atoms with Gasteiger partial charge in [0, 0.05) is 32.0 Å². The van der Waals surface area contributed by atoms with Crippen LogP contribution in [0.4, 0.5) is 27.8 Å². The number of nitrogens with one attached hydrogen (secondary N) is 3. The molecule has 10 nitrogen and oxygen atoms in total. The first-order chi connectivity index (χ1) is 18.7. The van der Waals surface area contributed by atoms with Gasteiger partial charge in [0.1, 0.15) is 11.6 Å².